The SMILES string of the molecule is CCN1CCN(C(=O)N(Cc2ccc(C(=O)CNC(=O)C(F)(F)F)cc2F)c2ccc(Cl)cc2)CC1. The molecule has 1 fully saturated rings. The number of piperazine rings is 1. The Morgan fingerprint density at radius 1 is 1.03 bits per heavy atom. The van der Waals surface area contributed by atoms with Gasteiger partial charge in [-0.2, -0.15) is 13.2 Å². The van der Waals surface area contributed by atoms with E-state index in [1.54, 1.807) is 29.2 Å². The number of amides is 3. The summed E-state index contributed by atoms with van der Waals surface area (Å²) in [5.74, 6) is -3.96. The van der Waals surface area contributed by atoms with Gasteiger partial charge in [-0.25, -0.2) is 9.18 Å². The monoisotopic (exact) mass is 528 g/mol. The maximum atomic E-state index is 14.9. The molecule has 0 aliphatic carbocycles. The Hall–Kier alpha value is -3.18. The van der Waals surface area contributed by atoms with Crippen LogP contribution in [0.1, 0.15) is 22.8 Å². The van der Waals surface area contributed by atoms with Crippen molar-refractivity contribution in [1.82, 2.24) is 15.1 Å². The molecule has 2 aromatic carbocycles. The van der Waals surface area contributed by atoms with Crippen LogP contribution in [0.25, 0.3) is 0 Å². The molecule has 1 aliphatic rings. The number of nitrogens with zero attached hydrogens (tertiary/aromatic N) is 3. The molecule has 0 aromatic heterocycles. The van der Waals surface area contributed by atoms with Crippen LogP contribution in [-0.4, -0.2) is 73.0 Å². The molecule has 3 amide bonds. The van der Waals surface area contributed by atoms with Gasteiger partial charge in [0.2, 0.25) is 0 Å². The highest BCUT2D eigenvalue weighted by molar-refractivity contribution is 6.30. The van der Waals surface area contributed by atoms with E-state index >= 15 is 0 Å². The first-order valence-electron chi connectivity index (χ1n) is 11.2. The van der Waals surface area contributed by atoms with Crippen molar-refractivity contribution in [1.29, 1.82) is 0 Å². The first-order valence-corrected chi connectivity index (χ1v) is 11.6. The number of rotatable bonds is 7. The molecule has 12 heteroatoms. The summed E-state index contributed by atoms with van der Waals surface area (Å²) >= 11 is 5.98. The summed E-state index contributed by atoms with van der Waals surface area (Å²) in [5, 5.41) is 1.93. The minimum atomic E-state index is -5.13. The van der Waals surface area contributed by atoms with Crippen LogP contribution < -0.4 is 10.2 Å². The Morgan fingerprint density at radius 2 is 1.67 bits per heavy atom. The van der Waals surface area contributed by atoms with Crippen molar-refractivity contribution in [3.63, 3.8) is 0 Å². The molecule has 36 heavy (non-hydrogen) atoms. The van der Waals surface area contributed by atoms with Crippen LogP contribution in [0.2, 0.25) is 5.02 Å². The lowest BCUT2D eigenvalue weighted by Crippen LogP contribution is -2.52. The standard InChI is InChI=1S/C24H25ClF4N4O3/c1-2-31-9-11-32(12-10-31)23(36)33(19-7-5-18(25)6-8-19)15-17-4-3-16(13-20(17)26)21(34)14-30-22(35)24(27,28)29/h3-8,13H,2,9-12,14-15H2,1H3,(H,30,35). The molecule has 1 N–H and O–H groups in total. The van der Waals surface area contributed by atoms with Gasteiger partial charge in [-0.15, -0.1) is 0 Å². The van der Waals surface area contributed by atoms with E-state index in [0.717, 1.165) is 12.6 Å². The van der Waals surface area contributed by atoms with Gasteiger partial charge in [0.05, 0.1) is 13.1 Å². The van der Waals surface area contributed by atoms with E-state index in [1.807, 2.05) is 6.92 Å². The molecule has 3 rings (SSSR count). The largest absolute Gasteiger partial charge is 0.471 e. The van der Waals surface area contributed by atoms with E-state index in [0.29, 0.717) is 36.9 Å². The summed E-state index contributed by atoms with van der Waals surface area (Å²) < 4.78 is 51.9. The average Bonchev–Trinajstić information content (AvgIpc) is 2.86. The van der Waals surface area contributed by atoms with Crippen molar-refractivity contribution < 1.29 is 31.9 Å². The minimum absolute atomic E-state index is 0.0985. The van der Waals surface area contributed by atoms with Crippen molar-refractivity contribution in [2.75, 3.05) is 44.2 Å². The molecular weight excluding hydrogens is 504 g/mol. The Balaban J connectivity index is 1.77. The van der Waals surface area contributed by atoms with E-state index in [-0.39, 0.29) is 23.7 Å². The Labute approximate surface area is 210 Å². The normalized spacial score (nSPS) is 14.4. The highest BCUT2D eigenvalue weighted by Crippen LogP contribution is 2.24. The summed E-state index contributed by atoms with van der Waals surface area (Å²) in [7, 11) is 0. The second kappa shape index (κ2) is 11.7. The number of halogens is 5. The van der Waals surface area contributed by atoms with Crippen molar-refractivity contribution >= 4 is 35.0 Å². The number of likely N-dealkylation sites (N-methyl/N-ethyl adjacent to an activating group) is 1. The number of carbonyl (C=O) groups excluding carboxylic acids is 3. The second-order valence-corrected chi connectivity index (χ2v) is 8.61. The summed E-state index contributed by atoms with van der Waals surface area (Å²) in [6.45, 7) is 4.28. The maximum absolute atomic E-state index is 14.9. The lowest BCUT2D eigenvalue weighted by Gasteiger charge is -2.37. The van der Waals surface area contributed by atoms with Crippen molar-refractivity contribution in [2.24, 2.45) is 0 Å². The van der Waals surface area contributed by atoms with E-state index in [1.165, 1.54) is 22.3 Å². The van der Waals surface area contributed by atoms with Crippen LogP contribution in [0.15, 0.2) is 42.5 Å². The first kappa shape index (κ1) is 27.4. The highest BCUT2D eigenvalue weighted by atomic mass is 35.5. The Kier molecular flexibility index (Phi) is 8.91. The number of hydrogen-bond acceptors (Lipinski definition) is 4. The highest BCUT2D eigenvalue weighted by Gasteiger charge is 2.38. The molecular formula is C24H25ClF4N4O3. The minimum Gasteiger partial charge on any atom is -0.341 e. The molecule has 0 atom stereocenters. The van der Waals surface area contributed by atoms with Gasteiger partial charge in [0.25, 0.3) is 0 Å². The lowest BCUT2D eigenvalue weighted by atomic mass is 10.1. The van der Waals surface area contributed by atoms with E-state index in [2.05, 4.69) is 4.90 Å². The number of carbonyl (C=O) groups is 3. The fourth-order valence-corrected chi connectivity index (χ4v) is 3.82. The van der Waals surface area contributed by atoms with Crippen molar-refractivity contribution in [2.45, 2.75) is 19.6 Å². The van der Waals surface area contributed by atoms with Gasteiger partial charge in [-0.05, 0) is 36.9 Å². The molecule has 0 bridgehead atoms. The number of Topliss-reactive ketones (excluding diaryl/α,β-unsaturated/α-hetero) is 1. The summed E-state index contributed by atoms with van der Waals surface area (Å²) in [4.78, 5) is 41.7. The van der Waals surface area contributed by atoms with Gasteiger partial charge in [0, 0.05) is 48.0 Å². The topological polar surface area (TPSA) is 73.0 Å². The molecule has 0 saturated carbocycles. The second-order valence-electron chi connectivity index (χ2n) is 8.18. The van der Waals surface area contributed by atoms with Crippen LogP contribution in [0, 0.1) is 5.82 Å². The third kappa shape index (κ3) is 6.94. The van der Waals surface area contributed by atoms with Crippen molar-refractivity contribution in [3.8, 4) is 0 Å². The van der Waals surface area contributed by atoms with Gasteiger partial charge in [0.1, 0.15) is 5.82 Å². The quantitative estimate of drug-likeness (QED) is 0.434. The molecule has 7 nitrogen and oxygen atoms in total. The van der Waals surface area contributed by atoms with Crippen LogP contribution >= 0.6 is 11.6 Å². The number of nitrogens with one attached hydrogen (secondary N) is 1. The average molecular weight is 529 g/mol. The molecule has 1 heterocycles. The fourth-order valence-electron chi connectivity index (χ4n) is 3.70. The number of alkyl halides is 3. The summed E-state index contributed by atoms with van der Waals surface area (Å²) in [6.07, 6.45) is -5.13. The molecule has 2 aromatic rings. The molecule has 194 valence electrons. The summed E-state index contributed by atoms with van der Waals surface area (Å²) in [6, 6.07) is 9.59. The number of urea groups is 1. The predicted molar refractivity (Wildman–Crippen MR) is 127 cm³/mol. The lowest BCUT2D eigenvalue weighted by molar-refractivity contribution is -0.173. The maximum Gasteiger partial charge on any atom is 0.471 e. The first-order chi connectivity index (χ1) is 17.0. The number of ketones is 1. The Bertz CT molecular complexity index is 1100. The number of hydrogen-bond donors (Lipinski definition) is 1. The Morgan fingerprint density at radius 3 is 2.22 bits per heavy atom. The smallest absolute Gasteiger partial charge is 0.341 e. The van der Waals surface area contributed by atoms with E-state index in [4.69, 9.17) is 11.6 Å². The zero-order chi connectivity index (χ0) is 26.5. The van der Waals surface area contributed by atoms with Crippen LogP contribution in [0.3, 0.4) is 0 Å². The van der Waals surface area contributed by atoms with Gasteiger partial charge < -0.3 is 15.1 Å². The summed E-state index contributed by atoms with van der Waals surface area (Å²) in [5.41, 5.74) is 0.386. The molecule has 1 saturated heterocycles. The zero-order valence-electron chi connectivity index (χ0n) is 19.4. The molecule has 0 spiro atoms. The number of benzene rings is 2. The van der Waals surface area contributed by atoms with Crippen molar-refractivity contribution in [3.05, 3.63) is 64.4 Å². The van der Waals surface area contributed by atoms with E-state index in [9.17, 15) is 31.9 Å². The molecule has 0 radical (unpaired) electrons. The third-order valence-electron chi connectivity index (χ3n) is 5.83. The van der Waals surface area contributed by atoms with E-state index < -0.39 is 30.2 Å². The van der Waals surface area contributed by atoms with Crippen LogP contribution in [-0.2, 0) is 11.3 Å². The number of anilines is 1. The van der Waals surface area contributed by atoms with Crippen LogP contribution in [0.4, 0.5) is 28.0 Å². The van der Waals surface area contributed by atoms with Gasteiger partial charge in [-0.1, -0.05) is 30.7 Å². The third-order valence-corrected chi connectivity index (χ3v) is 6.08. The predicted octanol–water partition coefficient (Wildman–Crippen LogP) is 4.10. The van der Waals surface area contributed by atoms with Gasteiger partial charge in [-0.3, -0.25) is 14.5 Å². The van der Waals surface area contributed by atoms with Crippen LogP contribution in [0.5, 0.6) is 0 Å². The van der Waals surface area contributed by atoms with Gasteiger partial charge in [0.15, 0.2) is 5.78 Å². The zero-order valence-corrected chi connectivity index (χ0v) is 20.2. The fraction of sp³-hybridized carbons (Fsp3) is 0.375. The molecule has 0 unspecified atom stereocenters. The molecule has 1 aliphatic heterocycles. The van der Waals surface area contributed by atoms with Gasteiger partial charge >= 0.3 is 18.1 Å².